The van der Waals surface area contributed by atoms with E-state index in [9.17, 15) is 4.79 Å². The van der Waals surface area contributed by atoms with E-state index in [2.05, 4.69) is 12.6 Å². The summed E-state index contributed by atoms with van der Waals surface area (Å²) in [5, 5.41) is 8.36. The van der Waals surface area contributed by atoms with E-state index in [0.29, 0.717) is 6.54 Å². The number of nitrogens with zero attached hydrogens (tertiary/aromatic N) is 1. The van der Waals surface area contributed by atoms with E-state index >= 15 is 0 Å². The zero-order valence-electron chi connectivity index (χ0n) is 5.37. The second-order valence-electron chi connectivity index (χ2n) is 1.70. The van der Waals surface area contributed by atoms with E-state index in [4.69, 9.17) is 5.11 Å². The highest BCUT2D eigenvalue weighted by molar-refractivity contribution is 7.81. The van der Waals surface area contributed by atoms with Crippen LogP contribution >= 0.6 is 12.6 Å². The number of rotatable bonds is 3. The topological polar surface area (TPSA) is 40.5 Å². The number of carbonyl (C=O) groups is 1. The van der Waals surface area contributed by atoms with Gasteiger partial charge in [0.1, 0.15) is 0 Å². The summed E-state index contributed by atoms with van der Waals surface area (Å²) in [6, 6.07) is 0. The van der Waals surface area contributed by atoms with E-state index < -0.39 is 0 Å². The highest BCUT2D eigenvalue weighted by Crippen LogP contribution is 1.85. The van der Waals surface area contributed by atoms with Gasteiger partial charge in [-0.05, 0) is 0 Å². The van der Waals surface area contributed by atoms with Crippen LogP contribution in [0.25, 0.3) is 0 Å². The van der Waals surface area contributed by atoms with Crippen molar-refractivity contribution < 1.29 is 9.90 Å². The maximum atomic E-state index is 10.6. The smallest absolute Gasteiger partial charge is 0.232 e. The second-order valence-corrected chi connectivity index (χ2v) is 2.01. The molecule has 0 aromatic heterocycles. The van der Waals surface area contributed by atoms with Crippen molar-refractivity contribution in [1.29, 1.82) is 0 Å². The Bertz CT molecular complexity index is 97.0. The number of amides is 1. The average Bonchev–Trinajstić information content (AvgIpc) is 1.87. The van der Waals surface area contributed by atoms with E-state index in [-0.39, 0.29) is 18.3 Å². The fraction of sp³-hybridized carbons (Fsp3) is 0.800. The molecular formula is C5H11NO2S. The summed E-state index contributed by atoms with van der Waals surface area (Å²) >= 11 is 3.77. The molecule has 3 nitrogen and oxygen atoms in total. The first kappa shape index (κ1) is 8.78. The van der Waals surface area contributed by atoms with E-state index in [1.165, 1.54) is 4.90 Å². The van der Waals surface area contributed by atoms with Crippen molar-refractivity contribution in [2.24, 2.45) is 0 Å². The summed E-state index contributed by atoms with van der Waals surface area (Å²) in [6.07, 6.45) is 0. The first-order chi connectivity index (χ1) is 4.22. The summed E-state index contributed by atoms with van der Waals surface area (Å²) in [5.41, 5.74) is 0. The standard InChI is InChI=1S/C5H11NO2S/c1-6(2-3-7)5(8)4-9/h7,9H,2-4H2,1H3. The highest BCUT2D eigenvalue weighted by Gasteiger charge is 2.02. The molecule has 9 heavy (non-hydrogen) atoms. The molecular weight excluding hydrogens is 138 g/mol. The molecule has 0 aliphatic rings. The van der Waals surface area contributed by atoms with Crippen molar-refractivity contribution >= 4 is 18.5 Å². The van der Waals surface area contributed by atoms with Crippen LogP contribution in [0.15, 0.2) is 0 Å². The summed E-state index contributed by atoms with van der Waals surface area (Å²) < 4.78 is 0. The minimum absolute atomic E-state index is 0.00994. The molecule has 0 fully saturated rings. The number of aliphatic hydroxyl groups is 1. The largest absolute Gasteiger partial charge is 0.395 e. The molecule has 0 heterocycles. The molecule has 54 valence electrons. The molecule has 0 saturated carbocycles. The normalized spacial score (nSPS) is 9.22. The molecule has 0 atom stereocenters. The molecule has 0 aromatic carbocycles. The van der Waals surface area contributed by atoms with Crippen LogP contribution in [0.5, 0.6) is 0 Å². The Morgan fingerprint density at radius 2 is 2.33 bits per heavy atom. The van der Waals surface area contributed by atoms with Crippen molar-refractivity contribution in [3.8, 4) is 0 Å². The molecule has 4 heteroatoms. The zero-order valence-corrected chi connectivity index (χ0v) is 6.27. The molecule has 1 N–H and O–H groups in total. The quantitative estimate of drug-likeness (QED) is 0.524. The van der Waals surface area contributed by atoms with Crippen molar-refractivity contribution in [3.05, 3.63) is 0 Å². The van der Waals surface area contributed by atoms with Gasteiger partial charge < -0.3 is 10.0 Å². The number of thiol groups is 1. The fourth-order valence-electron chi connectivity index (χ4n) is 0.395. The molecule has 0 aliphatic carbocycles. The first-order valence-corrected chi connectivity index (χ1v) is 3.31. The van der Waals surface area contributed by atoms with E-state index in [1.807, 2.05) is 0 Å². The van der Waals surface area contributed by atoms with Gasteiger partial charge in [0.2, 0.25) is 5.91 Å². The lowest BCUT2D eigenvalue weighted by Crippen LogP contribution is -2.30. The van der Waals surface area contributed by atoms with Gasteiger partial charge in [-0.3, -0.25) is 4.79 Å². The number of likely N-dealkylation sites (N-methyl/N-ethyl adjacent to an activating group) is 1. The predicted molar refractivity (Wildman–Crippen MR) is 38.6 cm³/mol. The SMILES string of the molecule is CN(CCO)C(=O)CS. The first-order valence-electron chi connectivity index (χ1n) is 2.68. The van der Waals surface area contributed by atoms with Gasteiger partial charge in [-0.25, -0.2) is 0 Å². The van der Waals surface area contributed by atoms with Crippen LogP contribution in [-0.2, 0) is 4.79 Å². The second kappa shape index (κ2) is 4.64. The molecule has 0 saturated heterocycles. The summed E-state index contributed by atoms with van der Waals surface area (Å²) in [6.45, 7) is 0.398. The third-order valence-corrected chi connectivity index (χ3v) is 1.27. The Labute approximate surface area is 60.1 Å². The number of hydrogen-bond donors (Lipinski definition) is 2. The Balaban J connectivity index is 3.45. The van der Waals surface area contributed by atoms with E-state index in [0.717, 1.165) is 0 Å². The molecule has 0 aliphatic heterocycles. The average molecular weight is 149 g/mol. The fourth-order valence-corrected chi connectivity index (χ4v) is 0.637. The number of aliphatic hydroxyl groups excluding tert-OH is 1. The van der Waals surface area contributed by atoms with Gasteiger partial charge in [0.05, 0.1) is 12.4 Å². The molecule has 0 radical (unpaired) electrons. The minimum Gasteiger partial charge on any atom is -0.395 e. The number of hydrogen-bond acceptors (Lipinski definition) is 3. The predicted octanol–water partition coefficient (Wildman–Crippen LogP) is -0.633. The van der Waals surface area contributed by atoms with Gasteiger partial charge in [-0.1, -0.05) is 0 Å². The summed E-state index contributed by atoms with van der Waals surface area (Å²) in [4.78, 5) is 12.1. The monoisotopic (exact) mass is 149 g/mol. The third kappa shape index (κ3) is 3.37. The minimum atomic E-state index is -0.0626. The molecule has 1 amide bonds. The molecule has 0 spiro atoms. The van der Waals surface area contributed by atoms with Gasteiger partial charge in [0.25, 0.3) is 0 Å². The van der Waals surface area contributed by atoms with Crippen molar-refractivity contribution in [1.82, 2.24) is 4.90 Å². The van der Waals surface area contributed by atoms with Gasteiger partial charge in [0.15, 0.2) is 0 Å². The maximum absolute atomic E-state index is 10.6. The Morgan fingerprint density at radius 3 is 2.67 bits per heavy atom. The highest BCUT2D eigenvalue weighted by atomic mass is 32.1. The van der Waals surface area contributed by atoms with Crippen LogP contribution in [0.1, 0.15) is 0 Å². The van der Waals surface area contributed by atoms with Gasteiger partial charge in [-0.15, -0.1) is 0 Å². The Kier molecular flexibility index (Phi) is 4.53. The third-order valence-electron chi connectivity index (χ3n) is 0.996. The molecule has 0 aromatic rings. The van der Waals surface area contributed by atoms with Gasteiger partial charge in [-0.2, -0.15) is 12.6 Å². The van der Waals surface area contributed by atoms with E-state index in [1.54, 1.807) is 7.05 Å². The Morgan fingerprint density at radius 1 is 1.78 bits per heavy atom. The zero-order chi connectivity index (χ0) is 7.28. The van der Waals surface area contributed by atoms with Gasteiger partial charge >= 0.3 is 0 Å². The van der Waals surface area contributed by atoms with Crippen LogP contribution in [-0.4, -0.2) is 41.9 Å². The van der Waals surface area contributed by atoms with Crippen LogP contribution in [0.2, 0.25) is 0 Å². The van der Waals surface area contributed by atoms with Crippen LogP contribution in [0.4, 0.5) is 0 Å². The van der Waals surface area contributed by atoms with Crippen molar-refractivity contribution in [3.63, 3.8) is 0 Å². The van der Waals surface area contributed by atoms with Crippen molar-refractivity contribution in [2.45, 2.75) is 0 Å². The van der Waals surface area contributed by atoms with Gasteiger partial charge in [0, 0.05) is 13.6 Å². The summed E-state index contributed by atoms with van der Waals surface area (Å²) in [5.74, 6) is 0.142. The van der Waals surface area contributed by atoms with Crippen LogP contribution < -0.4 is 0 Å². The lowest BCUT2D eigenvalue weighted by Gasteiger charge is -2.13. The summed E-state index contributed by atoms with van der Waals surface area (Å²) in [7, 11) is 1.63. The van der Waals surface area contributed by atoms with Crippen LogP contribution in [0.3, 0.4) is 0 Å². The molecule has 0 unspecified atom stereocenters. The van der Waals surface area contributed by atoms with Crippen molar-refractivity contribution in [2.75, 3.05) is 26.0 Å². The molecule has 0 rings (SSSR count). The Hall–Kier alpha value is -0.220. The van der Waals surface area contributed by atoms with Crippen LogP contribution in [0, 0.1) is 0 Å². The molecule has 0 bridgehead atoms. The lowest BCUT2D eigenvalue weighted by atomic mass is 10.5. The lowest BCUT2D eigenvalue weighted by molar-refractivity contribution is -0.127. The number of carbonyl (C=O) groups excluding carboxylic acids is 1. The maximum Gasteiger partial charge on any atom is 0.232 e.